The van der Waals surface area contributed by atoms with Crippen molar-refractivity contribution in [1.82, 2.24) is 15.3 Å². The zero-order chi connectivity index (χ0) is 23.4. The van der Waals surface area contributed by atoms with Gasteiger partial charge in [-0.1, -0.05) is 23.7 Å². The van der Waals surface area contributed by atoms with E-state index in [1.165, 1.54) is 24.1 Å². The van der Waals surface area contributed by atoms with Gasteiger partial charge in [-0.2, -0.15) is 4.98 Å². The summed E-state index contributed by atoms with van der Waals surface area (Å²) >= 11 is 6.21. The molecule has 1 aromatic heterocycles. The van der Waals surface area contributed by atoms with E-state index in [4.69, 9.17) is 21.6 Å². The number of halogens is 1. The molecule has 2 aliphatic rings. The van der Waals surface area contributed by atoms with Gasteiger partial charge in [-0.15, -0.1) is 0 Å². The number of carbonyl (C=O) groups excluding carboxylic acids is 1. The molecule has 0 saturated heterocycles. The van der Waals surface area contributed by atoms with Gasteiger partial charge in [0.25, 0.3) is 0 Å². The maximum Gasteiger partial charge on any atom is 0.319 e. The molecule has 0 bridgehead atoms. The molecule has 1 saturated carbocycles. The second-order valence-corrected chi connectivity index (χ2v) is 9.93. The molecule has 0 radical (unpaired) electrons. The van der Waals surface area contributed by atoms with Crippen LogP contribution in [0.2, 0.25) is 5.02 Å². The highest BCUT2D eigenvalue weighted by Gasteiger charge is 2.24. The third-order valence-corrected chi connectivity index (χ3v) is 7.09. The summed E-state index contributed by atoms with van der Waals surface area (Å²) in [7, 11) is 4.12. The molecule has 2 aliphatic carbocycles. The summed E-state index contributed by atoms with van der Waals surface area (Å²) < 4.78 is 0. The van der Waals surface area contributed by atoms with E-state index in [1.54, 1.807) is 6.07 Å². The van der Waals surface area contributed by atoms with Gasteiger partial charge in [-0.25, -0.2) is 9.78 Å². The molecular formula is C25H35ClN6O. The summed E-state index contributed by atoms with van der Waals surface area (Å²) in [6.45, 7) is 2.60. The van der Waals surface area contributed by atoms with Gasteiger partial charge in [0, 0.05) is 32.2 Å². The van der Waals surface area contributed by atoms with Crippen LogP contribution in [0.15, 0.2) is 18.2 Å². The van der Waals surface area contributed by atoms with Crippen molar-refractivity contribution in [3.05, 3.63) is 40.0 Å². The molecule has 0 unspecified atom stereocenters. The van der Waals surface area contributed by atoms with Crippen LogP contribution in [0.4, 0.5) is 22.2 Å². The van der Waals surface area contributed by atoms with Crippen molar-refractivity contribution in [3.63, 3.8) is 0 Å². The second kappa shape index (κ2) is 10.6. The average molecular weight is 471 g/mol. The van der Waals surface area contributed by atoms with Gasteiger partial charge in [-0.05, 0) is 75.8 Å². The number of hydrogen-bond acceptors (Lipinski definition) is 5. The lowest BCUT2D eigenvalue weighted by Crippen LogP contribution is -2.36. The van der Waals surface area contributed by atoms with Crippen molar-refractivity contribution < 1.29 is 4.79 Å². The fourth-order valence-corrected chi connectivity index (χ4v) is 5.16. The van der Waals surface area contributed by atoms with Gasteiger partial charge >= 0.3 is 6.03 Å². The zero-order valence-electron chi connectivity index (χ0n) is 19.9. The minimum atomic E-state index is -0.204. The van der Waals surface area contributed by atoms with E-state index in [0.717, 1.165) is 55.9 Å². The van der Waals surface area contributed by atoms with Gasteiger partial charge < -0.3 is 20.9 Å². The van der Waals surface area contributed by atoms with Crippen molar-refractivity contribution >= 4 is 35.1 Å². The number of aromatic nitrogens is 2. The smallest absolute Gasteiger partial charge is 0.319 e. The number of benzene rings is 1. The molecule has 2 aromatic rings. The number of urea groups is 1. The second-order valence-electron chi connectivity index (χ2n) is 9.53. The summed E-state index contributed by atoms with van der Waals surface area (Å²) in [6.07, 6.45) is 8.77. The first kappa shape index (κ1) is 23.6. The lowest BCUT2D eigenvalue weighted by atomic mass is 9.86. The van der Waals surface area contributed by atoms with E-state index < -0.39 is 0 Å². The number of hydrogen-bond donors (Lipinski definition) is 3. The lowest BCUT2D eigenvalue weighted by Gasteiger charge is -2.30. The van der Waals surface area contributed by atoms with Crippen LogP contribution < -0.4 is 20.9 Å². The van der Waals surface area contributed by atoms with Gasteiger partial charge in [0.05, 0.1) is 16.4 Å². The Kier molecular flexibility index (Phi) is 7.58. The van der Waals surface area contributed by atoms with E-state index in [2.05, 4.69) is 34.9 Å². The number of carbonyl (C=O) groups is 1. The number of amides is 2. The maximum atomic E-state index is 12.4. The van der Waals surface area contributed by atoms with Crippen molar-refractivity contribution in [2.75, 3.05) is 36.2 Å². The molecule has 7 nitrogen and oxygen atoms in total. The Morgan fingerprint density at radius 2 is 1.88 bits per heavy atom. The summed E-state index contributed by atoms with van der Waals surface area (Å²) in [6, 6.07) is 5.77. The average Bonchev–Trinajstić information content (AvgIpc) is 2.80. The monoisotopic (exact) mass is 470 g/mol. The first-order valence-corrected chi connectivity index (χ1v) is 12.4. The van der Waals surface area contributed by atoms with Crippen LogP contribution in [-0.4, -0.2) is 42.7 Å². The van der Waals surface area contributed by atoms with Gasteiger partial charge in [0.2, 0.25) is 5.95 Å². The quantitative estimate of drug-likeness (QED) is 0.542. The van der Waals surface area contributed by atoms with Gasteiger partial charge in [0.1, 0.15) is 5.82 Å². The van der Waals surface area contributed by atoms with E-state index in [9.17, 15) is 4.79 Å². The predicted molar refractivity (Wildman–Crippen MR) is 136 cm³/mol. The third kappa shape index (κ3) is 5.88. The van der Waals surface area contributed by atoms with Crippen molar-refractivity contribution in [2.45, 2.75) is 64.3 Å². The van der Waals surface area contributed by atoms with E-state index in [0.29, 0.717) is 29.2 Å². The molecule has 4 rings (SSSR count). The third-order valence-electron chi connectivity index (χ3n) is 6.78. The van der Waals surface area contributed by atoms with E-state index >= 15 is 0 Å². The highest BCUT2D eigenvalue weighted by molar-refractivity contribution is 6.33. The van der Waals surface area contributed by atoms with Crippen LogP contribution in [0.25, 0.3) is 0 Å². The van der Waals surface area contributed by atoms with E-state index in [1.807, 2.05) is 19.1 Å². The number of nitrogens with one attached hydrogen (secondary N) is 3. The molecule has 1 fully saturated rings. The Labute approximate surface area is 201 Å². The topological polar surface area (TPSA) is 82.2 Å². The standard InChI is InChI=1S/C25H35ClN6O/c1-16-7-6-9-20(26)22(16)30-25(33)27-15-17-11-13-18(14-12-17)28-24-29-21-10-5-4-8-19(21)23(31-24)32(2)3/h6-7,9,17-18H,4-5,8,10-15H2,1-3H3,(H2,27,30,33)(H,28,29,31)/t17-,18+. The molecular weight excluding hydrogens is 436 g/mol. The van der Waals surface area contributed by atoms with Crippen LogP contribution >= 0.6 is 11.6 Å². The van der Waals surface area contributed by atoms with Crippen molar-refractivity contribution in [1.29, 1.82) is 0 Å². The maximum absolute atomic E-state index is 12.4. The van der Waals surface area contributed by atoms with Crippen LogP contribution in [-0.2, 0) is 12.8 Å². The molecule has 3 N–H and O–H groups in total. The number of nitrogens with zero attached hydrogens (tertiary/aromatic N) is 3. The molecule has 0 atom stereocenters. The minimum absolute atomic E-state index is 0.204. The molecule has 2 amide bonds. The van der Waals surface area contributed by atoms with Gasteiger partial charge in [-0.3, -0.25) is 0 Å². The molecule has 178 valence electrons. The SMILES string of the molecule is Cc1cccc(Cl)c1NC(=O)NC[C@H]1CC[C@@H](Nc2nc3c(c(N(C)C)n2)CCCC3)CC1. The minimum Gasteiger partial charge on any atom is -0.362 e. The zero-order valence-corrected chi connectivity index (χ0v) is 20.6. The van der Waals surface area contributed by atoms with Crippen molar-refractivity contribution in [3.8, 4) is 0 Å². The van der Waals surface area contributed by atoms with Crippen molar-refractivity contribution in [2.24, 2.45) is 5.92 Å². The van der Waals surface area contributed by atoms with Crippen LogP contribution in [0.5, 0.6) is 0 Å². The Morgan fingerprint density at radius 1 is 1.12 bits per heavy atom. The number of aryl methyl sites for hydroxylation is 2. The molecule has 1 heterocycles. The lowest BCUT2D eigenvalue weighted by molar-refractivity contribution is 0.246. The predicted octanol–water partition coefficient (Wildman–Crippen LogP) is 5.18. The van der Waals surface area contributed by atoms with E-state index in [-0.39, 0.29) is 6.03 Å². The normalized spacial score (nSPS) is 20.0. The molecule has 8 heteroatoms. The Morgan fingerprint density at radius 3 is 2.61 bits per heavy atom. The number of fused-ring (bicyclic) bond motifs is 1. The summed E-state index contributed by atoms with van der Waals surface area (Å²) in [5.74, 6) is 2.29. The fraction of sp³-hybridized carbons (Fsp3) is 0.560. The summed E-state index contributed by atoms with van der Waals surface area (Å²) in [5, 5.41) is 10.0. The van der Waals surface area contributed by atoms with Crippen LogP contribution in [0.3, 0.4) is 0 Å². The Bertz CT molecular complexity index is 967. The molecule has 1 aromatic carbocycles. The Hall–Kier alpha value is -2.54. The number of anilines is 3. The molecule has 0 spiro atoms. The first-order chi connectivity index (χ1) is 15.9. The largest absolute Gasteiger partial charge is 0.362 e. The molecule has 33 heavy (non-hydrogen) atoms. The number of rotatable bonds is 6. The summed E-state index contributed by atoms with van der Waals surface area (Å²) in [4.78, 5) is 24.2. The highest BCUT2D eigenvalue weighted by atomic mass is 35.5. The number of para-hydroxylation sites is 1. The first-order valence-electron chi connectivity index (χ1n) is 12.0. The Balaban J connectivity index is 1.26. The highest BCUT2D eigenvalue weighted by Crippen LogP contribution is 2.30. The van der Waals surface area contributed by atoms with Gasteiger partial charge in [0.15, 0.2) is 0 Å². The van der Waals surface area contributed by atoms with Crippen LogP contribution in [0.1, 0.15) is 55.3 Å². The van der Waals surface area contributed by atoms with Crippen LogP contribution in [0, 0.1) is 12.8 Å². The fourth-order valence-electron chi connectivity index (χ4n) is 4.89. The summed E-state index contributed by atoms with van der Waals surface area (Å²) in [5.41, 5.74) is 4.15. The molecule has 0 aliphatic heterocycles.